The second-order valence-electron chi connectivity index (χ2n) is 5.58. The first kappa shape index (κ1) is 17.7. The normalized spacial score (nSPS) is 11.2. The first-order chi connectivity index (χ1) is 11.7. The van der Waals surface area contributed by atoms with Crippen molar-refractivity contribution < 1.29 is 9.15 Å². The summed E-state index contributed by atoms with van der Waals surface area (Å²) in [6.07, 6.45) is 2.50. The predicted octanol–water partition coefficient (Wildman–Crippen LogP) is 3.14. The van der Waals surface area contributed by atoms with Crippen LogP contribution < -0.4 is 15.4 Å². The molecule has 2 rings (SSSR count). The largest absolute Gasteiger partial charge is 0.497 e. The lowest BCUT2D eigenvalue weighted by molar-refractivity contribution is 0.414. The maximum atomic E-state index is 5.34. The molecular formula is C19H25N3O2. The van der Waals surface area contributed by atoms with Gasteiger partial charge in [-0.2, -0.15) is 0 Å². The molecule has 2 N–H and O–H groups in total. The summed E-state index contributed by atoms with van der Waals surface area (Å²) < 4.78 is 10.5. The summed E-state index contributed by atoms with van der Waals surface area (Å²) in [4.78, 5) is 4.62. The fourth-order valence-electron chi connectivity index (χ4n) is 2.07. The number of aliphatic imine (C=N–C) groups is 1. The highest BCUT2D eigenvalue weighted by Crippen LogP contribution is 2.11. The fraction of sp³-hybridized carbons (Fsp3) is 0.316. The minimum absolute atomic E-state index is 0.594. The van der Waals surface area contributed by atoms with Gasteiger partial charge in [-0.15, -0.1) is 0 Å². The molecule has 0 aliphatic carbocycles. The van der Waals surface area contributed by atoms with Gasteiger partial charge in [0, 0.05) is 19.5 Å². The first-order valence-corrected chi connectivity index (χ1v) is 7.99. The Morgan fingerprint density at radius 2 is 2.00 bits per heavy atom. The molecule has 0 radical (unpaired) electrons. The van der Waals surface area contributed by atoms with E-state index in [0.29, 0.717) is 13.1 Å². The van der Waals surface area contributed by atoms with Gasteiger partial charge in [-0.1, -0.05) is 24.3 Å². The zero-order valence-electron chi connectivity index (χ0n) is 14.3. The van der Waals surface area contributed by atoms with Crippen LogP contribution in [0.2, 0.25) is 0 Å². The highest BCUT2D eigenvalue weighted by atomic mass is 16.5. The van der Waals surface area contributed by atoms with E-state index in [1.807, 2.05) is 43.3 Å². The van der Waals surface area contributed by atoms with Crippen molar-refractivity contribution in [2.24, 2.45) is 4.99 Å². The van der Waals surface area contributed by atoms with Crippen LogP contribution in [-0.2, 0) is 13.0 Å². The maximum Gasteiger partial charge on any atom is 0.191 e. The fourth-order valence-corrected chi connectivity index (χ4v) is 2.07. The smallest absolute Gasteiger partial charge is 0.191 e. The number of nitrogens with zero attached hydrogens (tertiary/aromatic N) is 1. The van der Waals surface area contributed by atoms with E-state index in [0.717, 1.165) is 41.6 Å². The minimum atomic E-state index is 0.594. The zero-order valence-corrected chi connectivity index (χ0v) is 14.3. The van der Waals surface area contributed by atoms with Crippen molar-refractivity contribution in [3.05, 3.63) is 66.1 Å². The lowest BCUT2D eigenvalue weighted by Crippen LogP contribution is -2.39. The second kappa shape index (κ2) is 9.45. The average Bonchev–Trinajstić information content (AvgIpc) is 3.10. The number of ether oxygens (including phenoxy) is 1. The van der Waals surface area contributed by atoms with Crippen LogP contribution in [0, 0.1) is 0 Å². The Morgan fingerprint density at radius 1 is 1.21 bits per heavy atom. The Labute approximate surface area is 143 Å². The van der Waals surface area contributed by atoms with Crippen molar-refractivity contribution in [2.45, 2.75) is 19.9 Å². The van der Waals surface area contributed by atoms with E-state index in [2.05, 4.69) is 22.2 Å². The summed E-state index contributed by atoms with van der Waals surface area (Å²) in [5.74, 6) is 2.57. The number of nitrogens with one attached hydrogen (secondary N) is 2. The van der Waals surface area contributed by atoms with Crippen molar-refractivity contribution >= 4 is 5.96 Å². The molecule has 0 atom stereocenters. The molecule has 0 fully saturated rings. The average molecular weight is 327 g/mol. The highest BCUT2D eigenvalue weighted by Gasteiger charge is 2.01. The molecule has 1 aromatic heterocycles. The lowest BCUT2D eigenvalue weighted by Gasteiger charge is -2.12. The van der Waals surface area contributed by atoms with E-state index in [4.69, 9.17) is 9.15 Å². The summed E-state index contributed by atoms with van der Waals surface area (Å²) in [5, 5.41) is 6.60. The highest BCUT2D eigenvalue weighted by molar-refractivity contribution is 5.80. The summed E-state index contributed by atoms with van der Waals surface area (Å²) in [6, 6.07) is 11.8. The van der Waals surface area contributed by atoms with Crippen molar-refractivity contribution in [1.82, 2.24) is 10.6 Å². The summed E-state index contributed by atoms with van der Waals surface area (Å²) in [7, 11) is 1.66. The standard InChI is InChI=1S/C19H25N3O2/c1-15(2)13-21-19(20-11-10-18-5-4-12-24-18)22-14-16-6-8-17(23-3)9-7-16/h4-9,12H,1,10-11,13-14H2,2-3H3,(H2,20,21,22). The molecule has 2 aromatic rings. The van der Waals surface area contributed by atoms with Gasteiger partial charge in [0.15, 0.2) is 5.96 Å². The Morgan fingerprint density at radius 3 is 2.62 bits per heavy atom. The van der Waals surface area contributed by atoms with E-state index in [9.17, 15) is 0 Å². The molecule has 128 valence electrons. The van der Waals surface area contributed by atoms with Gasteiger partial charge in [0.25, 0.3) is 0 Å². The van der Waals surface area contributed by atoms with Crippen molar-refractivity contribution in [1.29, 1.82) is 0 Å². The number of benzene rings is 1. The summed E-state index contributed by atoms with van der Waals surface area (Å²) >= 11 is 0. The second-order valence-corrected chi connectivity index (χ2v) is 5.58. The van der Waals surface area contributed by atoms with Gasteiger partial charge >= 0.3 is 0 Å². The quantitative estimate of drug-likeness (QED) is 0.444. The van der Waals surface area contributed by atoms with Gasteiger partial charge in [-0.05, 0) is 36.8 Å². The predicted molar refractivity (Wildman–Crippen MR) is 97.4 cm³/mol. The number of furan rings is 1. The topological polar surface area (TPSA) is 58.8 Å². The molecule has 0 unspecified atom stereocenters. The lowest BCUT2D eigenvalue weighted by atomic mass is 10.2. The molecule has 0 aliphatic heterocycles. The van der Waals surface area contributed by atoms with Gasteiger partial charge in [0.05, 0.1) is 19.9 Å². The van der Waals surface area contributed by atoms with E-state index >= 15 is 0 Å². The van der Waals surface area contributed by atoms with E-state index < -0.39 is 0 Å². The van der Waals surface area contributed by atoms with Gasteiger partial charge in [-0.25, -0.2) is 4.99 Å². The van der Waals surface area contributed by atoms with Crippen LogP contribution in [0.5, 0.6) is 5.75 Å². The molecule has 0 bridgehead atoms. The maximum absolute atomic E-state index is 5.34. The third kappa shape index (κ3) is 6.20. The molecule has 0 aliphatic rings. The van der Waals surface area contributed by atoms with Crippen LogP contribution in [0.4, 0.5) is 0 Å². The van der Waals surface area contributed by atoms with E-state index in [-0.39, 0.29) is 0 Å². The van der Waals surface area contributed by atoms with Crippen molar-refractivity contribution in [2.75, 3.05) is 20.2 Å². The molecule has 0 amide bonds. The molecule has 0 saturated carbocycles. The molecular weight excluding hydrogens is 302 g/mol. The summed E-state index contributed by atoms with van der Waals surface area (Å²) in [5.41, 5.74) is 2.18. The van der Waals surface area contributed by atoms with Crippen LogP contribution >= 0.6 is 0 Å². The van der Waals surface area contributed by atoms with Crippen molar-refractivity contribution in [3.8, 4) is 5.75 Å². The molecule has 0 saturated heterocycles. The van der Waals surface area contributed by atoms with Gasteiger partial charge < -0.3 is 19.8 Å². The van der Waals surface area contributed by atoms with Gasteiger partial charge in [0.2, 0.25) is 0 Å². The molecule has 5 nitrogen and oxygen atoms in total. The Bertz CT molecular complexity index is 646. The number of guanidine groups is 1. The number of hydrogen-bond acceptors (Lipinski definition) is 3. The first-order valence-electron chi connectivity index (χ1n) is 7.99. The van der Waals surface area contributed by atoms with Crippen molar-refractivity contribution in [3.63, 3.8) is 0 Å². The molecule has 5 heteroatoms. The van der Waals surface area contributed by atoms with Gasteiger partial charge in [0.1, 0.15) is 11.5 Å². The van der Waals surface area contributed by atoms with Crippen LogP contribution in [0.1, 0.15) is 18.2 Å². The third-order valence-corrected chi connectivity index (χ3v) is 3.38. The molecule has 24 heavy (non-hydrogen) atoms. The van der Waals surface area contributed by atoms with Crippen LogP contribution in [0.25, 0.3) is 0 Å². The minimum Gasteiger partial charge on any atom is -0.497 e. The van der Waals surface area contributed by atoms with Crippen LogP contribution in [0.3, 0.4) is 0 Å². The summed E-state index contributed by atoms with van der Waals surface area (Å²) in [6.45, 7) is 7.93. The Hall–Kier alpha value is -2.69. The third-order valence-electron chi connectivity index (χ3n) is 3.38. The zero-order chi connectivity index (χ0) is 17.2. The molecule has 1 heterocycles. The number of methoxy groups -OCH3 is 1. The Kier molecular flexibility index (Phi) is 6.95. The Balaban J connectivity index is 1.90. The van der Waals surface area contributed by atoms with E-state index in [1.165, 1.54) is 0 Å². The SMILES string of the molecule is C=C(C)CNC(=NCc1ccc(OC)cc1)NCCc1ccco1. The van der Waals surface area contributed by atoms with Crippen LogP contribution in [-0.4, -0.2) is 26.2 Å². The molecule has 0 spiro atoms. The molecule has 1 aromatic carbocycles. The van der Waals surface area contributed by atoms with Crippen LogP contribution in [0.15, 0.2) is 64.2 Å². The number of rotatable bonds is 8. The monoisotopic (exact) mass is 327 g/mol. The van der Waals surface area contributed by atoms with Gasteiger partial charge in [-0.3, -0.25) is 0 Å². The van der Waals surface area contributed by atoms with E-state index in [1.54, 1.807) is 13.4 Å². The number of hydrogen-bond donors (Lipinski definition) is 2.